The first-order valence-corrected chi connectivity index (χ1v) is 7.21. The third-order valence-electron chi connectivity index (χ3n) is 4.11. The molecule has 19 heavy (non-hydrogen) atoms. The van der Waals surface area contributed by atoms with Gasteiger partial charge in [0.05, 0.1) is 11.6 Å². The Kier molecular flexibility index (Phi) is 4.95. The van der Waals surface area contributed by atoms with Crippen LogP contribution in [0.3, 0.4) is 0 Å². The highest BCUT2D eigenvalue weighted by Gasteiger charge is 2.26. The van der Waals surface area contributed by atoms with Crippen LogP contribution in [0.2, 0.25) is 0 Å². The second kappa shape index (κ2) is 6.70. The van der Waals surface area contributed by atoms with E-state index >= 15 is 0 Å². The van der Waals surface area contributed by atoms with Crippen LogP contribution in [0.4, 0.5) is 0 Å². The Morgan fingerprint density at radius 2 is 1.89 bits per heavy atom. The van der Waals surface area contributed by atoms with Crippen LogP contribution < -0.4 is 5.32 Å². The number of benzene rings is 1. The predicted molar refractivity (Wildman–Crippen MR) is 77.8 cm³/mol. The summed E-state index contributed by atoms with van der Waals surface area (Å²) >= 11 is 0. The first-order valence-electron chi connectivity index (χ1n) is 7.21. The van der Waals surface area contributed by atoms with Gasteiger partial charge in [-0.2, -0.15) is 5.26 Å². The van der Waals surface area contributed by atoms with Crippen LogP contribution in [0, 0.1) is 17.2 Å². The van der Waals surface area contributed by atoms with Crippen molar-refractivity contribution in [1.29, 1.82) is 5.26 Å². The Balaban J connectivity index is 2.22. The van der Waals surface area contributed by atoms with E-state index in [9.17, 15) is 0 Å². The van der Waals surface area contributed by atoms with E-state index in [1.165, 1.54) is 12.0 Å². The lowest BCUT2D eigenvalue weighted by Gasteiger charge is -2.38. The molecule has 1 aliphatic heterocycles. The maximum Gasteiger partial charge on any atom is 0.0991 e. The predicted octanol–water partition coefficient (Wildman–Crippen LogP) is 2.55. The Morgan fingerprint density at radius 3 is 2.42 bits per heavy atom. The van der Waals surface area contributed by atoms with Crippen molar-refractivity contribution in [3.05, 3.63) is 35.4 Å². The van der Waals surface area contributed by atoms with E-state index in [4.69, 9.17) is 5.26 Å². The largest absolute Gasteiger partial charge is 0.314 e. The SMILES string of the molecule is CCC(C)[C@H](c1ccc(C#N)cc1)N1CCNCC1. The molecule has 1 unspecified atom stereocenters. The van der Waals surface area contributed by atoms with Gasteiger partial charge in [0.1, 0.15) is 0 Å². The molecule has 0 aromatic heterocycles. The van der Waals surface area contributed by atoms with E-state index < -0.39 is 0 Å². The van der Waals surface area contributed by atoms with Crippen molar-refractivity contribution in [2.75, 3.05) is 26.2 Å². The zero-order valence-electron chi connectivity index (χ0n) is 11.9. The first-order chi connectivity index (χ1) is 9.26. The van der Waals surface area contributed by atoms with Crippen LogP contribution in [-0.4, -0.2) is 31.1 Å². The number of nitrogens with zero attached hydrogens (tertiary/aromatic N) is 2. The number of nitriles is 1. The van der Waals surface area contributed by atoms with Gasteiger partial charge in [0, 0.05) is 32.2 Å². The topological polar surface area (TPSA) is 39.1 Å². The van der Waals surface area contributed by atoms with Crippen LogP contribution in [0.1, 0.15) is 37.4 Å². The molecular formula is C16H23N3. The highest BCUT2D eigenvalue weighted by atomic mass is 15.2. The second-order valence-electron chi connectivity index (χ2n) is 5.35. The summed E-state index contributed by atoms with van der Waals surface area (Å²) < 4.78 is 0. The molecule has 0 aliphatic carbocycles. The highest BCUT2D eigenvalue weighted by molar-refractivity contribution is 5.33. The van der Waals surface area contributed by atoms with Gasteiger partial charge in [0.2, 0.25) is 0 Å². The second-order valence-corrected chi connectivity index (χ2v) is 5.35. The standard InChI is InChI=1S/C16H23N3/c1-3-13(2)16(19-10-8-18-9-11-19)15-6-4-14(12-17)5-7-15/h4-7,13,16,18H,3,8-11H2,1-2H3/t13?,16-/m1/s1. The van der Waals surface area contributed by atoms with Crippen molar-refractivity contribution in [2.24, 2.45) is 5.92 Å². The Labute approximate surface area is 116 Å². The minimum absolute atomic E-state index is 0.472. The molecule has 1 fully saturated rings. The lowest BCUT2D eigenvalue weighted by molar-refractivity contribution is 0.128. The Morgan fingerprint density at radius 1 is 1.26 bits per heavy atom. The summed E-state index contributed by atoms with van der Waals surface area (Å²) in [6.07, 6.45) is 1.18. The fraction of sp³-hybridized carbons (Fsp3) is 0.562. The lowest BCUT2D eigenvalue weighted by Crippen LogP contribution is -2.46. The van der Waals surface area contributed by atoms with Crippen LogP contribution in [-0.2, 0) is 0 Å². The summed E-state index contributed by atoms with van der Waals surface area (Å²) in [5.41, 5.74) is 2.09. The third kappa shape index (κ3) is 3.34. The maximum atomic E-state index is 8.90. The number of rotatable bonds is 4. The van der Waals surface area contributed by atoms with E-state index in [1.54, 1.807) is 0 Å². The normalized spacial score (nSPS) is 19.6. The minimum atomic E-state index is 0.472. The molecular weight excluding hydrogens is 234 g/mol. The van der Waals surface area contributed by atoms with Crippen LogP contribution >= 0.6 is 0 Å². The molecule has 0 saturated carbocycles. The van der Waals surface area contributed by atoms with Gasteiger partial charge in [0.25, 0.3) is 0 Å². The maximum absolute atomic E-state index is 8.90. The van der Waals surface area contributed by atoms with Crippen LogP contribution in [0.15, 0.2) is 24.3 Å². The van der Waals surface area contributed by atoms with Crippen molar-refractivity contribution in [3.8, 4) is 6.07 Å². The van der Waals surface area contributed by atoms with Crippen molar-refractivity contribution in [3.63, 3.8) is 0 Å². The fourth-order valence-electron chi connectivity index (χ4n) is 2.84. The number of hydrogen-bond acceptors (Lipinski definition) is 3. The van der Waals surface area contributed by atoms with Gasteiger partial charge in [-0.1, -0.05) is 32.4 Å². The molecule has 1 heterocycles. The van der Waals surface area contributed by atoms with Crippen molar-refractivity contribution < 1.29 is 0 Å². The van der Waals surface area contributed by atoms with E-state index in [0.29, 0.717) is 12.0 Å². The average Bonchev–Trinajstić information content (AvgIpc) is 2.49. The lowest BCUT2D eigenvalue weighted by atomic mass is 9.90. The average molecular weight is 257 g/mol. The van der Waals surface area contributed by atoms with E-state index in [0.717, 1.165) is 31.7 Å². The fourth-order valence-corrected chi connectivity index (χ4v) is 2.84. The van der Waals surface area contributed by atoms with Gasteiger partial charge in [0.15, 0.2) is 0 Å². The summed E-state index contributed by atoms with van der Waals surface area (Å²) in [6.45, 7) is 8.94. The summed E-state index contributed by atoms with van der Waals surface area (Å²) in [5.74, 6) is 0.631. The van der Waals surface area contributed by atoms with E-state index in [-0.39, 0.29) is 0 Å². The Bertz CT molecular complexity index is 426. The molecule has 3 nitrogen and oxygen atoms in total. The number of piperazine rings is 1. The summed E-state index contributed by atoms with van der Waals surface area (Å²) in [5, 5.41) is 12.3. The van der Waals surface area contributed by atoms with Gasteiger partial charge in [-0.15, -0.1) is 0 Å². The highest BCUT2D eigenvalue weighted by Crippen LogP contribution is 2.31. The number of nitrogens with one attached hydrogen (secondary N) is 1. The molecule has 1 aliphatic rings. The quantitative estimate of drug-likeness (QED) is 0.901. The molecule has 1 N–H and O–H groups in total. The molecule has 0 radical (unpaired) electrons. The van der Waals surface area contributed by atoms with Gasteiger partial charge in [-0.25, -0.2) is 0 Å². The molecule has 0 spiro atoms. The molecule has 3 heteroatoms. The van der Waals surface area contributed by atoms with Gasteiger partial charge in [-0.05, 0) is 23.6 Å². The molecule has 102 valence electrons. The molecule has 2 atom stereocenters. The zero-order valence-corrected chi connectivity index (χ0v) is 11.9. The van der Waals surface area contributed by atoms with Crippen molar-refractivity contribution >= 4 is 0 Å². The third-order valence-corrected chi connectivity index (χ3v) is 4.11. The molecule has 1 saturated heterocycles. The van der Waals surface area contributed by atoms with Crippen LogP contribution in [0.5, 0.6) is 0 Å². The smallest absolute Gasteiger partial charge is 0.0991 e. The van der Waals surface area contributed by atoms with Crippen molar-refractivity contribution in [2.45, 2.75) is 26.3 Å². The summed E-state index contributed by atoms with van der Waals surface area (Å²) in [7, 11) is 0. The first kappa shape index (κ1) is 14.0. The number of hydrogen-bond donors (Lipinski definition) is 1. The molecule has 0 amide bonds. The summed E-state index contributed by atoms with van der Waals surface area (Å²) in [6, 6.07) is 10.8. The van der Waals surface area contributed by atoms with Gasteiger partial charge < -0.3 is 5.32 Å². The van der Waals surface area contributed by atoms with Gasteiger partial charge in [-0.3, -0.25) is 4.90 Å². The van der Waals surface area contributed by atoms with Gasteiger partial charge >= 0.3 is 0 Å². The molecule has 0 bridgehead atoms. The summed E-state index contributed by atoms with van der Waals surface area (Å²) in [4.78, 5) is 2.58. The molecule has 1 aromatic carbocycles. The zero-order chi connectivity index (χ0) is 13.7. The Hall–Kier alpha value is -1.37. The molecule has 1 aromatic rings. The van der Waals surface area contributed by atoms with E-state index in [2.05, 4.69) is 42.3 Å². The molecule has 2 rings (SSSR count). The monoisotopic (exact) mass is 257 g/mol. The minimum Gasteiger partial charge on any atom is -0.314 e. The van der Waals surface area contributed by atoms with E-state index in [1.807, 2.05) is 12.1 Å². The van der Waals surface area contributed by atoms with Crippen molar-refractivity contribution in [1.82, 2.24) is 10.2 Å². The van der Waals surface area contributed by atoms with Crippen LogP contribution in [0.25, 0.3) is 0 Å².